The fraction of sp³-hybridized carbons (Fsp3) is 0.325. The standard InChI is InChI=1S/C40H40N4O5S/c1-7-25-19(2)28-17-33-37(35(46)18-50-24-10-8-23(49-6)9-11-24)21(4)30(42-33)15-29-20(3)26(12-13-36(47)48)39(43-29)27-14-34(45)38-22(5)31(44-40(27)38)16-32(25)41-28/h8-11,15-17,20,26,43,46H,7,12-14,18H2,1-6H3,(H,47,48)/b28-17?,29-15?,31-16?,37-35-,39-27?/t20-,26-/m0/s1. The fourth-order valence-corrected chi connectivity index (χ4v) is 8.40. The number of fused-ring (bicyclic) bond motifs is 5. The number of nitrogens with one attached hydrogen (secondary N) is 1. The lowest BCUT2D eigenvalue weighted by atomic mass is 9.86. The number of benzene rings is 1. The number of carboxylic acid groups (broad SMARTS) is 1. The van der Waals surface area contributed by atoms with Gasteiger partial charge in [-0.2, -0.15) is 0 Å². The summed E-state index contributed by atoms with van der Waals surface area (Å²) in [6.45, 7) is 10.2. The third-order valence-electron chi connectivity index (χ3n) is 10.4. The third-order valence-corrected chi connectivity index (χ3v) is 11.5. The van der Waals surface area contributed by atoms with Crippen LogP contribution in [0.5, 0.6) is 5.75 Å². The Morgan fingerprint density at radius 3 is 2.40 bits per heavy atom. The molecule has 2 fully saturated rings. The number of ether oxygens (including phenoxy) is 1. The van der Waals surface area contributed by atoms with E-state index < -0.39 is 5.97 Å². The molecule has 1 aliphatic carbocycles. The number of methoxy groups -OCH3 is 1. The highest BCUT2D eigenvalue weighted by molar-refractivity contribution is 7.99. The number of hydrogen-bond donors (Lipinski definition) is 3. The Morgan fingerprint density at radius 1 is 0.980 bits per heavy atom. The molecule has 1 saturated carbocycles. The van der Waals surface area contributed by atoms with E-state index in [0.29, 0.717) is 46.1 Å². The van der Waals surface area contributed by atoms with Crippen LogP contribution >= 0.6 is 11.8 Å². The molecule has 9 nitrogen and oxygen atoms in total. The molecule has 0 radical (unpaired) electrons. The van der Waals surface area contributed by atoms with E-state index >= 15 is 0 Å². The van der Waals surface area contributed by atoms with Gasteiger partial charge in [-0.05, 0) is 98.4 Å². The van der Waals surface area contributed by atoms with Gasteiger partial charge in [0.25, 0.3) is 0 Å². The first kappa shape index (κ1) is 33.5. The minimum atomic E-state index is -0.861. The second-order valence-electron chi connectivity index (χ2n) is 13.3. The van der Waals surface area contributed by atoms with E-state index in [2.05, 4.69) is 26.1 Å². The van der Waals surface area contributed by atoms with Crippen molar-refractivity contribution in [1.82, 2.24) is 5.32 Å². The van der Waals surface area contributed by atoms with E-state index in [1.165, 1.54) is 11.8 Å². The number of nitrogens with zero attached hydrogens (tertiary/aromatic N) is 3. The van der Waals surface area contributed by atoms with Crippen molar-refractivity contribution < 1.29 is 24.5 Å². The average molecular weight is 689 g/mol. The van der Waals surface area contributed by atoms with Gasteiger partial charge in [0.05, 0.1) is 47.1 Å². The number of rotatable bonds is 8. The second kappa shape index (κ2) is 13.1. The predicted octanol–water partition coefficient (Wildman–Crippen LogP) is 7.89. The zero-order valence-corrected chi connectivity index (χ0v) is 29.9. The summed E-state index contributed by atoms with van der Waals surface area (Å²) in [7, 11) is 1.63. The highest BCUT2D eigenvalue weighted by atomic mass is 32.2. The minimum absolute atomic E-state index is 0.00354. The summed E-state index contributed by atoms with van der Waals surface area (Å²) < 4.78 is 5.30. The molecule has 0 unspecified atom stereocenters. The lowest BCUT2D eigenvalue weighted by Crippen LogP contribution is -2.14. The van der Waals surface area contributed by atoms with Crippen molar-refractivity contribution in [3.63, 3.8) is 0 Å². The molecule has 256 valence electrons. The van der Waals surface area contributed by atoms with Gasteiger partial charge in [-0.1, -0.05) is 13.8 Å². The number of aliphatic carboxylic acids is 1. The smallest absolute Gasteiger partial charge is 0.303 e. The molecule has 5 heterocycles. The third kappa shape index (κ3) is 5.75. The first-order chi connectivity index (χ1) is 24.0. The molecule has 3 N–H and O–H groups in total. The van der Waals surface area contributed by atoms with Crippen LogP contribution in [-0.2, 0) is 9.59 Å². The monoisotopic (exact) mass is 688 g/mol. The molecule has 6 aliphatic rings. The number of carbonyl (C=O) groups excluding carboxylic acids is 1. The quantitative estimate of drug-likeness (QED) is 0.187. The van der Waals surface area contributed by atoms with Crippen LogP contribution in [0.4, 0.5) is 0 Å². The Morgan fingerprint density at radius 2 is 1.70 bits per heavy atom. The van der Waals surface area contributed by atoms with Crippen molar-refractivity contribution in [3.05, 3.63) is 116 Å². The number of aliphatic hydroxyl groups excluding tert-OH is 1. The molecule has 1 saturated heterocycles. The summed E-state index contributed by atoms with van der Waals surface area (Å²) in [6.07, 6.45) is 7.32. The maximum atomic E-state index is 13.5. The van der Waals surface area contributed by atoms with Gasteiger partial charge in [0.15, 0.2) is 5.78 Å². The number of carbonyl (C=O) groups is 2. The Hall–Kier alpha value is -4.96. The molecule has 7 rings (SSSR count). The molecular formula is C40H40N4O5S. The van der Waals surface area contributed by atoms with E-state index in [9.17, 15) is 19.8 Å². The Bertz CT molecular complexity index is 2110. The fourth-order valence-electron chi connectivity index (χ4n) is 7.63. The molecule has 1 aromatic rings. The van der Waals surface area contributed by atoms with E-state index in [-0.39, 0.29) is 36.2 Å². The van der Waals surface area contributed by atoms with Crippen molar-refractivity contribution in [2.45, 2.75) is 65.2 Å². The second-order valence-corrected chi connectivity index (χ2v) is 14.4. The van der Waals surface area contributed by atoms with Crippen molar-refractivity contribution in [2.75, 3.05) is 12.9 Å². The van der Waals surface area contributed by atoms with Gasteiger partial charge in [0.2, 0.25) is 0 Å². The zero-order valence-electron chi connectivity index (χ0n) is 29.1. The number of allylic oxidation sites excluding steroid dienone is 12. The normalized spacial score (nSPS) is 23.6. The summed E-state index contributed by atoms with van der Waals surface area (Å²) in [4.78, 5) is 41.5. The van der Waals surface area contributed by atoms with Gasteiger partial charge >= 0.3 is 5.97 Å². The highest BCUT2D eigenvalue weighted by Gasteiger charge is 2.43. The van der Waals surface area contributed by atoms with Crippen molar-refractivity contribution in [1.29, 1.82) is 0 Å². The first-order valence-electron chi connectivity index (χ1n) is 17.0. The number of hydrogen-bond acceptors (Lipinski definition) is 9. The van der Waals surface area contributed by atoms with Crippen LogP contribution in [0.2, 0.25) is 0 Å². The minimum Gasteiger partial charge on any atom is -0.511 e. The molecule has 0 spiro atoms. The molecular weight excluding hydrogens is 649 g/mol. The number of Topliss-reactive ketones (excluding diaryl/α,β-unsaturated/α-hetero) is 1. The van der Waals surface area contributed by atoms with E-state index in [1.807, 2.05) is 56.3 Å². The van der Waals surface area contributed by atoms with E-state index in [1.54, 1.807) is 7.11 Å². The summed E-state index contributed by atoms with van der Waals surface area (Å²) in [5.74, 6) is 0.262. The Kier molecular flexibility index (Phi) is 8.76. The lowest BCUT2D eigenvalue weighted by Gasteiger charge is -2.16. The molecule has 10 heteroatoms. The van der Waals surface area contributed by atoms with Crippen molar-refractivity contribution >= 4 is 40.6 Å². The van der Waals surface area contributed by atoms with Crippen molar-refractivity contribution in [3.8, 4) is 5.75 Å². The highest BCUT2D eigenvalue weighted by Crippen LogP contribution is 2.45. The lowest BCUT2D eigenvalue weighted by molar-refractivity contribution is -0.137. The Balaban J connectivity index is 1.40. The number of aliphatic imine (C=N–C) groups is 3. The molecule has 8 bridgehead atoms. The van der Waals surface area contributed by atoms with E-state index in [0.717, 1.165) is 67.7 Å². The van der Waals surface area contributed by atoms with Gasteiger partial charge in [-0.3, -0.25) is 9.59 Å². The van der Waals surface area contributed by atoms with Crippen molar-refractivity contribution in [2.24, 2.45) is 26.8 Å². The van der Waals surface area contributed by atoms with Crippen LogP contribution in [0, 0.1) is 11.8 Å². The topological polar surface area (TPSA) is 133 Å². The van der Waals surface area contributed by atoms with Crippen LogP contribution in [0.15, 0.2) is 136 Å². The largest absolute Gasteiger partial charge is 0.511 e. The summed E-state index contributed by atoms with van der Waals surface area (Å²) in [6, 6.07) is 7.74. The summed E-state index contributed by atoms with van der Waals surface area (Å²) in [5, 5.41) is 24.9. The predicted molar refractivity (Wildman–Crippen MR) is 198 cm³/mol. The summed E-state index contributed by atoms with van der Waals surface area (Å²) >= 11 is 1.53. The van der Waals surface area contributed by atoms with Gasteiger partial charge in [0.1, 0.15) is 11.5 Å². The number of thioether (sulfide) groups is 1. The molecule has 1 aromatic carbocycles. The first-order valence-corrected chi connectivity index (χ1v) is 18.0. The van der Waals surface area contributed by atoms with Crippen LogP contribution in [0.3, 0.4) is 0 Å². The van der Waals surface area contributed by atoms with Crippen LogP contribution in [0.25, 0.3) is 0 Å². The van der Waals surface area contributed by atoms with E-state index in [4.69, 9.17) is 19.7 Å². The zero-order chi connectivity index (χ0) is 35.4. The molecule has 2 atom stereocenters. The maximum absolute atomic E-state index is 13.5. The molecule has 0 aromatic heterocycles. The average Bonchev–Trinajstić information content (AvgIpc) is 3.85. The van der Waals surface area contributed by atoms with Gasteiger partial charge in [0, 0.05) is 57.7 Å². The summed E-state index contributed by atoms with van der Waals surface area (Å²) in [5.41, 5.74) is 12.0. The number of ketones is 1. The van der Waals surface area contributed by atoms with Crippen LogP contribution in [-0.4, -0.2) is 52.0 Å². The Labute approximate surface area is 296 Å². The van der Waals surface area contributed by atoms with Gasteiger partial charge in [-0.15, -0.1) is 11.8 Å². The number of aliphatic hydroxyl groups is 1. The van der Waals surface area contributed by atoms with Crippen LogP contribution in [0.1, 0.15) is 60.3 Å². The maximum Gasteiger partial charge on any atom is 0.303 e. The molecule has 5 aliphatic heterocycles. The van der Waals surface area contributed by atoms with Crippen LogP contribution < -0.4 is 10.1 Å². The van der Waals surface area contributed by atoms with Gasteiger partial charge in [-0.25, -0.2) is 15.0 Å². The SMILES string of the molecule is CCC1=C(C)C2=CC3=NC(=C(C)/C3=C(/O)CSc3ccc(OC)cc3)C=C3NC(=C4CC(=O)C5=C(C)C(=CC1=N2)N=C45)[C@@H](CCC(=O)O)[C@@H]3C. The molecule has 50 heavy (non-hydrogen) atoms. The van der Waals surface area contributed by atoms with Gasteiger partial charge < -0.3 is 20.3 Å². The molecule has 0 amide bonds. The number of carboxylic acids is 1.